The van der Waals surface area contributed by atoms with Crippen molar-refractivity contribution in [2.75, 3.05) is 11.9 Å². The molecule has 0 bridgehead atoms. The summed E-state index contributed by atoms with van der Waals surface area (Å²) in [4.78, 5) is 24.1. The van der Waals surface area contributed by atoms with Gasteiger partial charge in [-0.2, -0.15) is 0 Å². The van der Waals surface area contributed by atoms with Crippen molar-refractivity contribution in [2.45, 2.75) is 0 Å². The van der Waals surface area contributed by atoms with Crippen molar-refractivity contribution in [1.29, 1.82) is 0 Å². The first-order chi connectivity index (χ1) is 9.11. The zero-order chi connectivity index (χ0) is 13.8. The number of carbonyl (C=O) groups is 2. The summed E-state index contributed by atoms with van der Waals surface area (Å²) >= 11 is 0. The second-order valence-electron chi connectivity index (χ2n) is 4.10. The molecule has 0 radical (unpaired) electrons. The van der Waals surface area contributed by atoms with Crippen molar-refractivity contribution in [1.82, 2.24) is 0 Å². The van der Waals surface area contributed by atoms with Gasteiger partial charge in [0, 0.05) is 23.9 Å². The minimum absolute atomic E-state index is 0.180. The number of ketones is 1. The Morgan fingerprint density at radius 1 is 1.00 bits per heavy atom. The van der Waals surface area contributed by atoms with Gasteiger partial charge in [-0.25, -0.2) is 4.39 Å². The smallest absolute Gasteiger partial charge is 0.213 e. The number of amides is 1. The Labute approximate surface area is 110 Å². The minimum Gasteiger partial charge on any atom is -0.318 e. The lowest BCUT2D eigenvalue weighted by Gasteiger charge is -2.10. The molecule has 96 valence electrons. The van der Waals surface area contributed by atoms with Crippen LogP contribution in [0.3, 0.4) is 0 Å². The molecule has 2 aromatic rings. The molecule has 2 aromatic carbocycles. The molecule has 0 heterocycles. The highest BCUT2D eigenvalue weighted by atomic mass is 19.1. The monoisotopic (exact) mass is 257 g/mol. The maximum atomic E-state index is 12.8. The van der Waals surface area contributed by atoms with Gasteiger partial charge in [-0.3, -0.25) is 9.59 Å². The third-order valence-electron chi connectivity index (χ3n) is 2.80. The molecule has 4 heteroatoms. The van der Waals surface area contributed by atoms with Gasteiger partial charge in [0.2, 0.25) is 6.41 Å². The van der Waals surface area contributed by atoms with Gasteiger partial charge in [0.05, 0.1) is 0 Å². The molecule has 1 amide bonds. The van der Waals surface area contributed by atoms with E-state index in [1.54, 1.807) is 31.3 Å². The number of hydrogen-bond donors (Lipinski definition) is 0. The summed E-state index contributed by atoms with van der Waals surface area (Å²) < 4.78 is 12.8. The molecular formula is C15H12FNO2. The highest BCUT2D eigenvalue weighted by Crippen LogP contribution is 2.16. The average molecular weight is 257 g/mol. The van der Waals surface area contributed by atoms with Gasteiger partial charge in [-0.1, -0.05) is 0 Å². The zero-order valence-corrected chi connectivity index (χ0v) is 10.3. The van der Waals surface area contributed by atoms with Crippen LogP contribution in [0, 0.1) is 5.82 Å². The van der Waals surface area contributed by atoms with E-state index in [2.05, 4.69) is 0 Å². The largest absolute Gasteiger partial charge is 0.318 e. The molecule has 0 unspecified atom stereocenters. The van der Waals surface area contributed by atoms with Crippen molar-refractivity contribution >= 4 is 17.9 Å². The summed E-state index contributed by atoms with van der Waals surface area (Å²) in [5.74, 6) is -0.556. The van der Waals surface area contributed by atoms with E-state index in [0.29, 0.717) is 23.2 Å². The molecule has 19 heavy (non-hydrogen) atoms. The number of rotatable bonds is 4. The molecule has 0 atom stereocenters. The number of halogens is 1. The maximum Gasteiger partial charge on any atom is 0.213 e. The van der Waals surface area contributed by atoms with Crippen molar-refractivity contribution < 1.29 is 14.0 Å². The molecule has 0 spiro atoms. The second-order valence-corrected chi connectivity index (χ2v) is 4.10. The third kappa shape index (κ3) is 2.85. The topological polar surface area (TPSA) is 37.4 Å². The lowest BCUT2D eigenvalue weighted by molar-refractivity contribution is -0.107. The maximum absolute atomic E-state index is 12.8. The van der Waals surface area contributed by atoms with Gasteiger partial charge in [-0.05, 0) is 48.5 Å². The Morgan fingerprint density at radius 3 is 1.95 bits per heavy atom. The summed E-state index contributed by atoms with van der Waals surface area (Å²) in [6.45, 7) is 0. The molecule has 2 rings (SSSR count). The first kappa shape index (κ1) is 13.0. The normalized spacial score (nSPS) is 10.0. The average Bonchev–Trinajstić information content (AvgIpc) is 2.46. The van der Waals surface area contributed by atoms with Crippen LogP contribution >= 0.6 is 0 Å². The predicted molar refractivity (Wildman–Crippen MR) is 70.7 cm³/mol. The standard InChI is InChI=1S/C15H12FNO2/c1-17(10-18)14-8-4-12(5-9-14)15(19)11-2-6-13(16)7-3-11/h2-10H,1H3. The van der Waals surface area contributed by atoms with E-state index in [1.165, 1.54) is 29.2 Å². The van der Waals surface area contributed by atoms with Gasteiger partial charge in [-0.15, -0.1) is 0 Å². The van der Waals surface area contributed by atoms with Crippen LogP contribution in [0.1, 0.15) is 15.9 Å². The van der Waals surface area contributed by atoms with E-state index < -0.39 is 0 Å². The van der Waals surface area contributed by atoms with E-state index in [4.69, 9.17) is 0 Å². The summed E-state index contributed by atoms with van der Waals surface area (Å²) in [6.07, 6.45) is 0.691. The number of benzene rings is 2. The molecule has 0 N–H and O–H groups in total. The van der Waals surface area contributed by atoms with E-state index >= 15 is 0 Å². The van der Waals surface area contributed by atoms with Gasteiger partial charge in [0.25, 0.3) is 0 Å². The van der Waals surface area contributed by atoms with Crippen LogP contribution in [0.2, 0.25) is 0 Å². The molecule has 0 aromatic heterocycles. The van der Waals surface area contributed by atoms with Gasteiger partial charge in [0.15, 0.2) is 5.78 Å². The van der Waals surface area contributed by atoms with Crippen molar-refractivity contribution in [3.63, 3.8) is 0 Å². The van der Waals surface area contributed by atoms with Gasteiger partial charge < -0.3 is 4.90 Å². The fourth-order valence-electron chi connectivity index (χ4n) is 1.68. The quantitative estimate of drug-likeness (QED) is 0.623. The summed E-state index contributed by atoms with van der Waals surface area (Å²) in [5, 5.41) is 0. The van der Waals surface area contributed by atoms with Crippen LogP contribution in [0.25, 0.3) is 0 Å². The fraction of sp³-hybridized carbons (Fsp3) is 0.0667. The van der Waals surface area contributed by atoms with Crippen LogP contribution in [-0.4, -0.2) is 19.2 Å². The Balaban J connectivity index is 2.24. The SMILES string of the molecule is CN(C=O)c1ccc(C(=O)c2ccc(F)cc2)cc1. The first-order valence-corrected chi connectivity index (χ1v) is 5.70. The van der Waals surface area contributed by atoms with E-state index in [0.717, 1.165) is 0 Å². The van der Waals surface area contributed by atoms with Crippen LogP contribution in [-0.2, 0) is 4.79 Å². The molecule has 3 nitrogen and oxygen atoms in total. The lowest BCUT2D eigenvalue weighted by atomic mass is 10.0. The molecule has 0 saturated carbocycles. The Hall–Kier alpha value is -2.49. The van der Waals surface area contributed by atoms with Gasteiger partial charge in [0.1, 0.15) is 5.82 Å². The molecule has 0 fully saturated rings. The Bertz CT molecular complexity index is 591. The zero-order valence-electron chi connectivity index (χ0n) is 10.3. The number of carbonyl (C=O) groups excluding carboxylic acids is 2. The number of anilines is 1. The van der Waals surface area contributed by atoms with Crippen molar-refractivity contribution in [3.8, 4) is 0 Å². The molecular weight excluding hydrogens is 245 g/mol. The Morgan fingerprint density at radius 2 is 1.47 bits per heavy atom. The fourth-order valence-corrected chi connectivity index (χ4v) is 1.68. The Kier molecular flexibility index (Phi) is 3.71. The van der Waals surface area contributed by atoms with Crippen molar-refractivity contribution in [3.05, 3.63) is 65.5 Å². The molecule has 0 aliphatic heterocycles. The lowest BCUT2D eigenvalue weighted by Crippen LogP contribution is -2.13. The first-order valence-electron chi connectivity index (χ1n) is 5.70. The van der Waals surface area contributed by atoms with Crippen LogP contribution in [0.5, 0.6) is 0 Å². The highest BCUT2D eigenvalue weighted by Gasteiger charge is 2.09. The summed E-state index contributed by atoms with van der Waals surface area (Å²) in [5.41, 5.74) is 1.62. The van der Waals surface area contributed by atoms with Gasteiger partial charge >= 0.3 is 0 Å². The molecule has 0 aliphatic rings. The molecule has 0 saturated heterocycles. The van der Waals surface area contributed by atoms with E-state index in [-0.39, 0.29) is 11.6 Å². The van der Waals surface area contributed by atoms with E-state index in [1.807, 2.05) is 0 Å². The third-order valence-corrected chi connectivity index (χ3v) is 2.80. The van der Waals surface area contributed by atoms with Crippen molar-refractivity contribution in [2.24, 2.45) is 0 Å². The number of nitrogens with zero attached hydrogens (tertiary/aromatic N) is 1. The van der Waals surface area contributed by atoms with Crippen LogP contribution in [0.4, 0.5) is 10.1 Å². The highest BCUT2D eigenvalue weighted by molar-refractivity contribution is 6.09. The summed E-state index contributed by atoms with van der Waals surface area (Å²) in [7, 11) is 1.63. The minimum atomic E-state index is -0.375. The van der Waals surface area contributed by atoms with Crippen LogP contribution in [0.15, 0.2) is 48.5 Å². The van der Waals surface area contributed by atoms with Crippen LogP contribution < -0.4 is 4.90 Å². The summed E-state index contributed by atoms with van der Waals surface area (Å²) in [6, 6.07) is 12.0. The second kappa shape index (κ2) is 5.44. The predicted octanol–water partition coefficient (Wildman–Crippen LogP) is 2.65. The molecule has 0 aliphatic carbocycles. The van der Waals surface area contributed by atoms with E-state index in [9.17, 15) is 14.0 Å². The number of hydrogen-bond acceptors (Lipinski definition) is 2.